The molecule has 0 fully saturated rings. The van der Waals surface area contributed by atoms with Crippen molar-refractivity contribution < 1.29 is 14.5 Å². The van der Waals surface area contributed by atoms with Gasteiger partial charge in [-0.05, 0) is 18.2 Å². The second-order valence-electron chi connectivity index (χ2n) is 7.22. The van der Waals surface area contributed by atoms with E-state index >= 15 is 0 Å². The van der Waals surface area contributed by atoms with Gasteiger partial charge in [0.05, 0.1) is 16.7 Å². The molecule has 2 aromatic heterocycles. The van der Waals surface area contributed by atoms with Crippen LogP contribution in [0, 0.1) is 0 Å². The Hall–Kier alpha value is -3.54. The van der Waals surface area contributed by atoms with Crippen LogP contribution in [0.5, 0.6) is 0 Å². The zero-order chi connectivity index (χ0) is 19.5. The Kier molecular flexibility index (Phi) is 3.39. The van der Waals surface area contributed by atoms with Crippen LogP contribution in [0.3, 0.4) is 0 Å². The maximum Gasteiger partial charge on any atom is 0.492 e. The summed E-state index contributed by atoms with van der Waals surface area (Å²) in [7, 11) is -1.59. The van der Waals surface area contributed by atoms with Crippen molar-refractivity contribution >= 4 is 56.3 Å². The highest BCUT2D eigenvalue weighted by Gasteiger charge is 2.21. The summed E-state index contributed by atoms with van der Waals surface area (Å²) >= 11 is 0. The number of hydrogen-bond donors (Lipinski definition) is 2. The van der Waals surface area contributed by atoms with Gasteiger partial charge in [0.15, 0.2) is 5.58 Å². The predicted molar refractivity (Wildman–Crippen MR) is 118 cm³/mol. The van der Waals surface area contributed by atoms with E-state index in [1.807, 2.05) is 42.5 Å². The van der Waals surface area contributed by atoms with Crippen molar-refractivity contribution in [3.05, 3.63) is 84.9 Å². The topological polar surface area (TPSA) is 58.5 Å². The third-order valence-corrected chi connectivity index (χ3v) is 5.63. The van der Waals surface area contributed by atoms with Gasteiger partial charge in [-0.2, -0.15) is 0 Å². The molecule has 0 aliphatic heterocycles. The average molecular weight is 377 g/mol. The van der Waals surface area contributed by atoms with Crippen LogP contribution >= 0.6 is 0 Å². The molecule has 6 rings (SSSR count). The van der Waals surface area contributed by atoms with Crippen molar-refractivity contribution in [1.82, 2.24) is 4.57 Å². The van der Waals surface area contributed by atoms with E-state index < -0.39 is 7.12 Å². The molecule has 2 N–H and O–H groups in total. The molecule has 5 heteroatoms. The normalized spacial score (nSPS) is 11.8. The molecule has 29 heavy (non-hydrogen) atoms. The van der Waals surface area contributed by atoms with Gasteiger partial charge in [0.2, 0.25) is 0 Å². The van der Waals surface area contributed by atoms with Gasteiger partial charge in [0.25, 0.3) is 0 Å². The lowest BCUT2D eigenvalue weighted by molar-refractivity contribution is 0.425. The Morgan fingerprint density at radius 1 is 0.586 bits per heavy atom. The monoisotopic (exact) mass is 377 g/mol. The Morgan fingerprint density at radius 2 is 1.14 bits per heavy atom. The van der Waals surface area contributed by atoms with Gasteiger partial charge in [0, 0.05) is 27.0 Å². The Labute approximate surface area is 166 Å². The minimum absolute atomic E-state index is 0.367. The largest absolute Gasteiger partial charge is 0.492 e. The van der Waals surface area contributed by atoms with Gasteiger partial charge in [-0.25, -0.2) is 0 Å². The molecule has 0 aliphatic carbocycles. The molecule has 0 unspecified atom stereocenters. The van der Waals surface area contributed by atoms with Crippen molar-refractivity contribution in [2.45, 2.75) is 0 Å². The fraction of sp³-hybridized carbons (Fsp3) is 0. The van der Waals surface area contributed by atoms with Crippen LogP contribution < -0.4 is 5.46 Å². The second kappa shape index (κ2) is 5.98. The van der Waals surface area contributed by atoms with E-state index in [0.717, 1.165) is 33.1 Å². The van der Waals surface area contributed by atoms with Crippen LogP contribution in [0.25, 0.3) is 49.4 Å². The Bertz CT molecular complexity index is 1490. The first-order valence-corrected chi connectivity index (χ1v) is 9.53. The minimum Gasteiger partial charge on any atom is -0.454 e. The van der Waals surface area contributed by atoms with Crippen molar-refractivity contribution in [2.24, 2.45) is 0 Å². The van der Waals surface area contributed by atoms with Crippen LogP contribution in [0.15, 0.2) is 89.3 Å². The van der Waals surface area contributed by atoms with E-state index in [-0.39, 0.29) is 0 Å². The molecule has 138 valence electrons. The quantitative estimate of drug-likeness (QED) is 0.441. The Balaban J connectivity index is 1.79. The summed E-state index contributed by atoms with van der Waals surface area (Å²) in [4.78, 5) is 0. The molecular weight excluding hydrogens is 361 g/mol. The number of benzene rings is 4. The third-order valence-electron chi connectivity index (χ3n) is 5.63. The number of fused-ring (bicyclic) bond motifs is 6. The van der Waals surface area contributed by atoms with Crippen LogP contribution in [0.2, 0.25) is 0 Å². The first-order valence-electron chi connectivity index (χ1n) is 9.53. The number of furan rings is 1. The average Bonchev–Trinajstić information content (AvgIpc) is 3.29. The van der Waals surface area contributed by atoms with E-state index in [2.05, 4.69) is 41.0 Å². The zero-order valence-electron chi connectivity index (χ0n) is 15.4. The van der Waals surface area contributed by atoms with Crippen LogP contribution in [-0.2, 0) is 0 Å². The van der Waals surface area contributed by atoms with E-state index in [0.29, 0.717) is 11.0 Å². The number of para-hydroxylation sites is 4. The summed E-state index contributed by atoms with van der Waals surface area (Å²) in [6.45, 7) is 0. The standard InChI is InChI=1S/C24H16BNO3/c27-25(28)19-11-5-9-17-18-10-6-14-22(24(18)29-23(17)19)26-20-12-3-1-7-15(20)16-8-2-4-13-21(16)26/h1-14,27-28H. The highest BCUT2D eigenvalue weighted by molar-refractivity contribution is 6.61. The molecule has 0 saturated heterocycles. The molecule has 0 amide bonds. The SMILES string of the molecule is OB(O)c1cccc2c1oc1c(-n3c4ccccc4c4ccccc43)cccc12. The molecule has 0 spiro atoms. The fourth-order valence-electron chi connectivity index (χ4n) is 4.39. The lowest BCUT2D eigenvalue weighted by Gasteiger charge is -2.08. The predicted octanol–water partition coefficient (Wildman–Crippen LogP) is 4.36. The first-order chi connectivity index (χ1) is 14.2. The number of rotatable bonds is 2. The summed E-state index contributed by atoms with van der Waals surface area (Å²) < 4.78 is 8.47. The molecule has 4 aromatic carbocycles. The molecule has 4 nitrogen and oxygen atoms in total. The van der Waals surface area contributed by atoms with Gasteiger partial charge in [-0.15, -0.1) is 0 Å². The van der Waals surface area contributed by atoms with E-state index in [9.17, 15) is 10.0 Å². The maximum absolute atomic E-state index is 9.77. The van der Waals surface area contributed by atoms with Gasteiger partial charge in [0.1, 0.15) is 5.58 Å². The Morgan fingerprint density at radius 3 is 1.79 bits per heavy atom. The fourth-order valence-corrected chi connectivity index (χ4v) is 4.39. The lowest BCUT2D eigenvalue weighted by atomic mass is 9.79. The molecule has 2 heterocycles. The van der Waals surface area contributed by atoms with E-state index in [1.54, 1.807) is 6.07 Å². The molecule has 0 radical (unpaired) electrons. The molecule has 0 aliphatic rings. The van der Waals surface area contributed by atoms with Crippen LogP contribution in [-0.4, -0.2) is 21.7 Å². The van der Waals surface area contributed by atoms with E-state index in [4.69, 9.17) is 4.42 Å². The zero-order valence-corrected chi connectivity index (χ0v) is 15.4. The summed E-state index contributed by atoms with van der Waals surface area (Å²) in [6, 6.07) is 28.2. The van der Waals surface area contributed by atoms with Crippen molar-refractivity contribution in [2.75, 3.05) is 0 Å². The van der Waals surface area contributed by atoms with E-state index in [1.165, 1.54) is 10.8 Å². The molecule has 6 aromatic rings. The maximum atomic E-state index is 9.77. The smallest absolute Gasteiger partial charge is 0.454 e. The number of aromatic nitrogens is 1. The van der Waals surface area contributed by atoms with Crippen LogP contribution in [0.1, 0.15) is 0 Å². The van der Waals surface area contributed by atoms with Crippen molar-refractivity contribution in [1.29, 1.82) is 0 Å². The minimum atomic E-state index is -1.59. The van der Waals surface area contributed by atoms with Gasteiger partial charge < -0.3 is 19.0 Å². The lowest BCUT2D eigenvalue weighted by Crippen LogP contribution is -2.29. The molecule has 0 saturated carbocycles. The third kappa shape index (κ3) is 2.23. The summed E-state index contributed by atoms with van der Waals surface area (Å²) in [5.74, 6) is 0. The summed E-state index contributed by atoms with van der Waals surface area (Å²) in [5, 5.41) is 23.7. The van der Waals surface area contributed by atoms with Gasteiger partial charge in [-0.1, -0.05) is 66.7 Å². The molecular formula is C24H16BNO3. The highest BCUT2D eigenvalue weighted by atomic mass is 16.4. The van der Waals surface area contributed by atoms with Crippen molar-refractivity contribution in [3.8, 4) is 5.69 Å². The first kappa shape index (κ1) is 16.4. The molecule has 0 bridgehead atoms. The van der Waals surface area contributed by atoms with Gasteiger partial charge >= 0.3 is 7.12 Å². The highest BCUT2D eigenvalue weighted by Crippen LogP contribution is 2.37. The second-order valence-corrected chi connectivity index (χ2v) is 7.22. The molecule has 0 atom stereocenters. The van der Waals surface area contributed by atoms with Crippen molar-refractivity contribution in [3.63, 3.8) is 0 Å². The van der Waals surface area contributed by atoms with Gasteiger partial charge in [-0.3, -0.25) is 0 Å². The number of hydrogen-bond acceptors (Lipinski definition) is 3. The summed E-state index contributed by atoms with van der Waals surface area (Å²) in [6.07, 6.45) is 0. The number of nitrogens with zero attached hydrogens (tertiary/aromatic N) is 1. The van der Waals surface area contributed by atoms with Crippen LogP contribution in [0.4, 0.5) is 0 Å². The summed E-state index contributed by atoms with van der Waals surface area (Å²) in [5.41, 5.74) is 4.72.